The molecular formula is C14H21ClN4O. The van der Waals surface area contributed by atoms with Gasteiger partial charge in [0, 0.05) is 32.4 Å². The van der Waals surface area contributed by atoms with Crippen LogP contribution < -0.4 is 5.01 Å². The van der Waals surface area contributed by atoms with Crippen LogP contribution >= 0.6 is 11.6 Å². The molecule has 1 aromatic heterocycles. The van der Waals surface area contributed by atoms with E-state index in [0.29, 0.717) is 11.8 Å². The second-order valence-corrected chi connectivity index (χ2v) is 5.68. The average Bonchev–Trinajstić information content (AvgIpc) is 2.86. The van der Waals surface area contributed by atoms with Gasteiger partial charge < -0.3 is 4.74 Å². The summed E-state index contributed by atoms with van der Waals surface area (Å²) in [4.78, 5) is 6.87. The number of nitrogens with zero attached hydrogens (tertiary/aromatic N) is 4. The van der Waals surface area contributed by atoms with Crippen LogP contribution in [-0.4, -0.2) is 60.8 Å². The molecule has 1 aromatic rings. The van der Waals surface area contributed by atoms with Crippen molar-refractivity contribution in [3.05, 3.63) is 23.5 Å². The van der Waals surface area contributed by atoms with Gasteiger partial charge in [-0.25, -0.2) is 4.99 Å². The molecular weight excluding hydrogens is 276 g/mol. The van der Waals surface area contributed by atoms with Gasteiger partial charge in [-0.15, -0.1) is 0 Å². The van der Waals surface area contributed by atoms with E-state index in [4.69, 9.17) is 16.3 Å². The summed E-state index contributed by atoms with van der Waals surface area (Å²) in [7, 11) is 0. The number of hydrogen-bond acceptors (Lipinski definition) is 4. The lowest BCUT2D eigenvalue weighted by atomic mass is 10.3. The standard InChI is InChI=1S/C14H21ClN4O/c1-12-3-6-19-13(12)14(15)16-11-18(19)5-2-4-17-7-9-20-10-8-17/h3,6H,2,4-5,7-11H2,1H3. The van der Waals surface area contributed by atoms with Crippen molar-refractivity contribution in [2.24, 2.45) is 4.99 Å². The van der Waals surface area contributed by atoms with Gasteiger partial charge in [0.2, 0.25) is 0 Å². The van der Waals surface area contributed by atoms with E-state index in [9.17, 15) is 0 Å². The molecule has 6 heteroatoms. The first-order valence-corrected chi connectivity index (χ1v) is 7.57. The summed E-state index contributed by atoms with van der Waals surface area (Å²) in [5, 5.41) is 2.87. The molecule has 0 amide bonds. The predicted molar refractivity (Wildman–Crippen MR) is 81.4 cm³/mol. The van der Waals surface area contributed by atoms with E-state index in [1.165, 1.54) is 5.56 Å². The molecule has 0 aliphatic carbocycles. The van der Waals surface area contributed by atoms with Crippen LogP contribution in [-0.2, 0) is 4.74 Å². The zero-order chi connectivity index (χ0) is 13.9. The van der Waals surface area contributed by atoms with Crippen molar-refractivity contribution >= 4 is 16.8 Å². The number of aromatic nitrogens is 1. The van der Waals surface area contributed by atoms with E-state index in [-0.39, 0.29) is 0 Å². The normalized spacial score (nSPS) is 19.9. The largest absolute Gasteiger partial charge is 0.379 e. The molecule has 3 rings (SSSR count). The minimum absolute atomic E-state index is 0.622. The van der Waals surface area contributed by atoms with Crippen LogP contribution in [0.4, 0.5) is 0 Å². The smallest absolute Gasteiger partial charge is 0.151 e. The van der Waals surface area contributed by atoms with Crippen molar-refractivity contribution in [2.45, 2.75) is 13.3 Å². The highest BCUT2D eigenvalue weighted by atomic mass is 35.5. The van der Waals surface area contributed by atoms with Gasteiger partial charge in [0.05, 0.1) is 13.2 Å². The van der Waals surface area contributed by atoms with Gasteiger partial charge in [-0.2, -0.15) is 0 Å². The van der Waals surface area contributed by atoms with E-state index in [2.05, 4.69) is 38.8 Å². The minimum atomic E-state index is 0.622. The Balaban J connectivity index is 1.56. The van der Waals surface area contributed by atoms with Crippen LogP contribution in [0.1, 0.15) is 17.7 Å². The van der Waals surface area contributed by atoms with Gasteiger partial charge in [-0.05, 0) is 25.0 Å². The number of rotatable bonds is 4. The first-order valence-electron chi connectivity index (χ1n) is 7.19. The Labute approximate surface area is 124 Å². The Morgan fingerprint density at radius 1 is 1.30 bits per heavy atom. The summed E-state index contributed by atoms with van der Waals surface area (Å²) in [6, 6.07) is 2.09. The van der Waals surface area contributed by atoms with E-state index in [1.54, 1.807) is 0 Å². The molecule has 20 heavy (non-hydrogen) atoms. The minimum Gasteiger partial charge on any atom is -0.379 e. The molecule has 110 valence electrons. The van der Waals surface area contributed by atoms with Gasteiger partial charge in [0.1, 0.15) is 12.4 Å². The van der Waals surface area contributed by atoms with Crippen molar-refractivity contribution in [2.75, 3.05) is 51.1 Å². The maximum Gasteiger partial charge on any atom is 0.151 e. The van der Waals surface area contributed by atoms with Gasteiger partial charge >= 0.3 is 0 Å². The SMILES string of the molecule is Cc1ccn2c1C(Cl)=NCN2CCCN1CCOCC1. The Morgan fingerprint density at radius 3 is 2.90 bits per heavy atom. The lowest BCUT2D eigenvalue weighted by Crippen LogP contribution is -2.42. The third-order valence-electron chi connectivity index (χ3n) is 3.94. The molecule has 2 aliphatic heterocycles. The zero-order valence-electron chi connectivity index (χ0n) is 11.9. The van der Waals surface area contributed by atoms with E-state index >= 15 is 0 Å². The Bertz CT molecular complexity index is 493. The molecule has 0 unspecified atom stereocenters. The molecule has 0 radical (unpaired) electrons. The molecule has 0 atom stereocenters. The van der Waals surface area contributed by atoms with Crippen LogP contribution in [0.25, 0.3) is 0 Å². The van der Waals surface area contributed by atoms with Gasteiger partial charge in [0.15, 0.2) is 5.17 Å². The predicted octanol–water partition coefficient (Wildman–Crippen LogP) is 1.41. The number of ether oxygens (including phenoxy) is 1. The highest BCUT2D eigenvalue weighted by Crippen LogP contribution is 2.18. The molecule has 0 bridgehead atoms. The summed E-state index contributed by atoms with van der Waals surface area (Å²) in [6.45, 7) is 8.66. The number of hydrogen-bond donors (Lipinski definition) is 0. The van der Waals surface area contributed by atoms with Crippen molar-refractivity contribution < 1.29 is 4.74 Å². The Morgan fingerprint density at radius 2 is 2.10 bits per heavy atom. The number of morpholine rings is 1. The first kappa shape index (κ1) is 13.9. The maximum absolute atomic E-state index is 6.20. The van der Waals surface area contributed by atoms with Crippen LogP contribution in [0, 0.1) is 6.92 Å². The zero-order valence-corrected chi connectivity index (χ0v) is 12.6. The van der Waals surface area contributed by atoms with Gasteiger partial charge in [-0.3, -0.25) is 14.6 Å². The fraction of sp³-hybridized carbons (Fsp3) is 0.643. The lowest BCUT2D eigenvalue weighted by molar-refractivity contribution is 0.0375. The van der Waals surface area contributed by atoms with Gasteiger partial charge in [-0.1, -0.05) is 11.6 Å². The van der Waals surface area contributed by atoms with Crippen LogP contribution in [0.2, 0.25) is 0 Å². The molecule has 0 N–H and O–H groups in total. The third kappa shape index (κ3) is 2.85. The van der Waals surface area contributed by atoms with Crippen molar-refractivity contribution in [3.8, 4) is 0 Å². The lowest BCUT2D eigenvalue weighted by Gasteiger charge is -2.31. The molecule has 2 aliphatic rings. The summed E-state index contributed by atoms with van der Waals surface area (Å²) in [5.41, 5.74) is 2.21. The molecule has 1 fully saturated rings. The summed E-state index contributed by atoms with van der Waals surface area (Å²) >= 11 is 6.20. The quantitative estimate of drug-likeness (QED) is 0.842. The molecule has 0 saturated carbocycles. The average molecular weight is 297 g/mol. The molecule has 1 saturated heterocycles. The number of aryl methyl sites for hydroxylation is 1. The summed E-state index contributed by atoms with van der Waals surface area (Å²) < 4.78 is 7.51. The second kappa shape index (κ2) is 6.16. The van der Waals surface area contributed by atoms with E-state index < -0.39 is 0 Å². The molecule has 5 nitrogen and oxygen atoms in total. The molecule has 3 heterocycles. The second-order valence-electron chi connectivity index (χ2n) is 5.32. The molecule has 0 spiro atoms. The summed E-state index contributed by atoms with van der Waals surface area (Å²) in [5.74, 6) is 0. The van der Waals surface area contributed by atoms with Crippen LogP contribution in [0.5, 0.6) is 0 Å². The van der Waals surface area contributed by atoms with Gasteiger partial charge in [0.25, 0.3) is 0 Å². The molecule has 0 aromatic carbocycles. The fourth-order valence-corrected chi connectivity index (χ4v) is 3.07. The maximum atomic E-state index is 6.20. The monoisotopic (exact) mass is 296 g/mol. The highest BCUT2D eigenvalue weighted by Gasteiger charge is 2.20. The Hall–Kier alpha value is -1.04. The first-order chi connectivity index (χ1) is 9.75. The Kier molecular flexibility index (Phi) is 4.29. The third-order valence-corrected chi connectivity index (χ3v) is 4.23. The number of halogens is 1. The van der Waals surface area contributed by atoms with E-state index in [1.807, 2.05) is 0 Å². The topological polar surface area (TPSA) is 33.0 Å². The summed E-state index contributed by atoms with van der Waals surface area (Å²) in [6.07, 6.45) is 3.21. The van der Waals surface area contributed by atoms with Crippen molar-refractivity contribution in [3.63, 3.8) is 0 Å². The fourth-order valence-electron chi connectivity index (χ4n) is 2.78. The number of fused-ring (bicyclic) bond motifs is 1. The number of aliphatic imine (C=N–C) groups is 1. The van der Waals surface area contributed by atoms with Crippen molar-refractivity contribution in [1.82, 2.24) is 9.58 Å². The highest BCUT2D eigenvalue weighted by molar-refractivity contribution is 6.69. The van der Waals surface area contributed by atoms with Crippen molar-refractivity contribution in [1.29, 1.82) is 0 Å². The van der Waals surface area contributed by atoms with E-state index in [0.717, 1.165) is 51.5 Å². The van der Waals surface area contributed by atoms with Crippen LogP contribution in [0.3, 0.4) is 0 Å². The van der Waals surface area contributed by atoms with Crippen LogP contribution in [0.15, 0.2) is 17.3 Å².